The van der Waals surface area contributed by atoms with Gasteiger partial charge < -0.3 is 19.9 Å². The summed E-state index contributed by atoms with van der Waals surface area (Å²) in [5, 5.41) is 0. The maximum atomic E-state index is 5.56. The lowest BCUT2D eigenvalue weighted by Gasteiger charge is -2.09. The Balaban J connectivity index is 2.66. The Morgan fingerprint density at radius 3 is 2.68 bits per heavy atom. The third-order valence-corrected chi connectivity index (χ3v) is 2.47. The molecule has 1 rings (SSSR count). The summed E-state index contributed by atoms with van der Waals surface area (Å²) in [5.74, 6) is 6.68. The molecule has 104 valence electrons. The first kappa shape index (κ1) is 15.5. The van der Waals surface area contributed by atoms with Crippen LogP contribution < -0.4 is 10.5 Å². The summed E-state index contributed by atoms with van der Waals surface area (Å²) < 4.78 is 16.0. The van der Waals surface area contributed by atoms with Crippen molar-refractivity contribution < 1.29 is 14.2 Å². The van der Waals surface area contributed by atoms with E-state index in [0.29, 0.717) is 33.0 Å². The normalized spacial score (nSPS) is 9.84. The number of hydrogen-bond acceptors (Lipinski definition) is 4. The lowest BCUT2D eigenvalue weighted by Crippen LogP contribution is -2.05. The number of rotatable bonds is 7. The summed E-state index contributed by atoms with van der Waals surface area (Å²) in [6.07, 6.45) is 0. The van der Waals surface area contributed by atoms with Crippen molar-refractivity contribution in [2.24, 2.45) is 5.73 Å². The minimum Gasteiger partial charge on any atom is -0.497 e. The molecule has 0 saturated carbocycles. The van der Waals surface area contributed by atoms with Crippen LogP contribution in [0, 0.1) is 11.8 Å². The molecule has 0 aliphatic carbocycles. The number of benzene rings is 1. The molecule has 0 fully saturated rings. The molecule has 0 aliphatic heterocycles. The molecule has 0 atom stereocenters. The zero-order valence-electron chi connectivity index (χ0n) is 11.6. The highest BCUT2D eigenvalue weighted by Gasteiger charge is 2.03. The summed E-state index contributed by atoms with van der Waals surface area (Å²) in [7, 11) is 1.64. The molecule has 2 N–H and O–H groups in total. The summed E-state index contributed by atoms with van der Waals surface area (Å²) in [5.41, 5.74) is 7.31. The zero-order chi connectivity index (χ0) is 13.9. The molecule has 1 aromatic rings. The van der Waals surface area contributed by atoms with Gasteiger partial charge in [-0.3, -0.25) is 0 Å². The van der Waals surface area contributed by atoms with E-state index in [2.05, 4.69) is 11.8 Å². The second-order valence-corrected chi connectivity index (χ2v) is 3.78. The summed E-state index contributed by atoms with van der Waals surface area (Å²) in [6, 6.07) is 5.73. The highest BCUT2D eigenvalue weighted by molar-refractivity contribution is 5.45. The predicted molar refractivity (Wildman–Crippen MR) is 75.1 cm³/mol. The second kappa shape index (κ2) is 9.40. The van der Waals surface area contributed by atoms with Gasteiger partial charge in [0.2, 0.25) is 0 Å². The monoisotopic (exact) mass is 263 g/mol. The summed E-state index contributed by atoms with van der Waals surface area (Å²) in [4.78, 5) is 0. The van der Waals surface area contributed by atoms with E-state index in [1.807, 2.05) is 25.1 Å². The minimum absolute atomic E-state index is 0.344. The van der Waals surface area contributed by atoms with Gasteiger partial charge in [-0.25, -0.2) is 0 Å². The Morgan fingerprint density at radius 2 is 2.00 bits per heavy atom. The van der Waals surface area contributed by atoms with Crippen molar-refractivity contribution in [3.05, 3.63) is 29.3 Å². The van der Waals surface area contributed by atoms with Gasteiger partial charge in [-0.1, -0.05) is 11.8 Å². The lowest BCUT2D eigenvalue weighted by atomic mass is 10.1. The quantitative estimate of drug-likeness (QED) is 0.599. The van der Waals surface area contributed by atoms with Gasteiger partial charge in [-0.05, 0) is 30.7 Å². The van der Waals surface area contributed by atoms with E-state index in [4.69, 9.17) is 19.9 Å². The third-order valence-electron chi connectivity index (χ3n) is 2.47. The van der Waals surface area contributed by atoms with Crippen molar-refractivity contribution in [1.29, 1.82) is 0 Å². The summed E-state index contributed by atoms with van der Waals surface area (Å²) in [6.45, 7) is 4.66. The molecule has 4 heteroatoms. The minimum atomic E-state index is 0.344. The van der Waals surface area contributed by atoms with Gasteiger partial charge in [0.15, 0.2) is 0 Å². The number of nitrogens with two attached hydrogens (primary N) is 1. The maximum Gasteiger partial charge on any atom is 0.119 e. The largest absolute Gasteiger partial charge is 0.497 e. The molecule has 0 aromatic heterocycles. The Kier molecular flexibility index (Phi) is 7.68. The van der Waals surface area contributed by atoms with Crippen LogP contribution in [-0.2, 0) is 16.1 Å². The van der Waals surface area contributed by atoms with E-state index in [-0.39, 0.29) is 0 Å². The van der Waals surface area contributed by atoms with Crippen LogP contribution in [0.25, 0.3) is 0 Å². The van der Waals surface area contributed by atoms with Crippen LogP contribution >= 0.6 is 0 Å². The lowest BCUT2D eigenvalue weighted by molar-refractivity contribution is 0.0452. The van der Waals surface area contributed by atoms with Crippen molar-refractivity contribution in [3.63, 3.8) is 0 Å². The molecular weight excluding hydrogens is 242 g/mol. The Hall–Kier alpha value is -1.54. The molecule has 0 heterocycles. The van der Waals surface area contributed by atoms with Gasteiger partial charge in [-0.2, -0.15) is 0 Å². The molecule has 4 nitrogen and oxygen atoms in total. The SMILES string of the molecule is CCOCCOCc1cc(OC)ccc1C#CCN. The average molecular weight is 263 g/mol. The topological polar surface area (TPSA) is 53.7 Å². The van der Waals surface area contributed by atoms with E-state index in [0.717, 1.165) is 16.9 Å². The van der Waals surface area contributed by atoms with Gasteiger partial charge in [-0.15, -0.1) is 0 Å². The van der Waals surface area contributed by atoms with Crippen molar-refractivity contribution in [2.75, 3.05) is 33.5 Å². The highest BCUT2D eigenvalue weighted by atomic mass is 16.5. The fourth-order valence-electron chi connectivity index (χ4n) is 1.53. The molecule has 0 saturated heterocycles. The van der Waals surface area contributed by atoms with Crippen LogP contribution in [0.15, 0.2) is 18.2 Å². The van der Waals surface area contributed by atoms with Gasteiger partial charge in [0.1, 0.15) is 5.75 Å². The van der Waals surface area contributed by atoms with Crippen LogP contribution in [0.2, 0.25) is 0 Å². The standard InChI is InChI=1S/C15H21NO3/c1-3-18-9-10-19-12-14-11-15(17-2)7-6-13(14)5-4-8-16/h6-7,11H,3,8-10,12,16H2,1-2H3. The molecule has 19 heavy (non-hydrogen) atoms. The molecule has 0 aliphatic rings. The third kappa shape index (κ3) is 5.75. The molecule has 0 bridgehead atoms. The van der Waals surface area contributed by atoms with Crippen LogP contribution in [0.3, 0.4) is 0 Å². The van der Waals surface area contributed by atoms with Crippen molar-refractivity contribution >= 4 is 0 Å². The van der Waals surface area contributed by atoms with E-state index in [1.54, 1.807) is 7.11 Å². The Morgan fingerprint density at radius 1 is 1.21 bits per heavy atom. The van der Waals surface area contributed by atoms with Gasteiger partial charge >= 0.3 is 0 Å². The fraction of sp³-hybridized carbons (Fsp3) is 0.467. The number of ether oxygens (including phenoxy) is 3. The number of methoxy groups -OCH3 is 1. The predicted octanol–water partition coefficient (Wildman–Crippen LogP) is 1.56. The zero-order valence-corrected chi connectivity index (χ0v) is 11.6. The van der Waals surface area contributed by atoms with E-state index >= 15 is 0 Å². The molecular formula is C15H21NO3. The molecule has 0 spiro atoms. The smallest absolute Gasteiger partial charge is 0.119 e. The van der Waals surface area contributed by atoms with Gasteiger partial charge in [0.25, 0.3) is 0 Å². The average Bonchev–Trinajstić information content (AvgIpc) is 2.45. The van der Waals surface area contributed by atoms with Crippen LogP contribution in [-0.4, -0.2) is 33.5 Å². The summed E-state index contributed by atoms with van der Waals surface area (Å²) >= 11 is 0. The first-order valence-electron chi connectivity index (χ1n) is 6.33. The fourth-order valence-corrected chi connectivity index (χ4v) is 1.53. The molecule has 0 unspecified atom stereocenters. The van der Waals surface area contributed by atoms with E-state index < -0.39 is 0 Å². The molecule has 0 radical (unpaired) electrons. The van der Waals surface area contributed by atoms with Crippen LogP contribution in [0.1, 0.15) is 18.1 Å². The van der Waals surface area contributed by atoms with Crippen molar-refractivity contribution in [2.45, 2.75) is 13.5 Å². The van der Waals surface area contributed by atoms with E-state index in [1.165, 1.54) is 0 Å². The van der Waals surface area contributed by atoms with Crippen LogP contribution in [0.5, 0.6) is 5.75 Å². The Bertz CT molecular complexity index is 435. The number of hydrogen-bond donors (Lipinski definition) is 1. The highest BCUT2D eigenvalue weighted by Crippen LogP contribution is 2.18. The van der Waals surface area contributed by atoms with Crippen LogP contribution in [0.4, 0.5) is 0 Å². The van der Waals surface area contributed by atoms with Gasteiger partial charge in [0.05, 0.1) is 33.5 Å². The van der Waals surface area contributed by atoms with Crippen molar-refractivity contribution in [3.8, 4) is 17.6 Å². The first-order chi connectivity index (χ1) is 9.31. The molecule has 0 amide bonds. The second-order valence-electron chi connectivity index (χ2n) is 3.78. The molecule has 1 aromatic carbocycles. The maximum absolute atomic E-state index is 5.56. The van der Waals surface area contributed by atoms with E-state index in [9.17, 15) is 0 Å². The van der Waals surface area contributed by atoms with Gasteiger partial charge in [0, 0.05) is 12.2 Å². The Labute approximate surface area is 114 Å². The van der Waals surface area contributed by atoms with Crippen molar-refractivity contribution in [1.82, 2.24) is 0 Å². The first-order valence-corrected chi connectivity index (χ1v) is 6.33.